The Morgan fingerprint density at radius 1 is 0.432 bits per heavy atom. The van der Waals surface area contributed by atoms with E-state index in [1.807, 2.05) is 97.1 Å². The molecule has 0 bridgehead atoms. The van der Waals surface area contributed by atoms with Crippen molar-refractivity contribution in [2.75, 3.05) is 0 Å². The molecule has 9 aromatic rings. The normalized spacial score (nSPS) is 11.6. The van der Waals surface area contributed by atoms with Gasteiger partial charge in [-0.1, -0.05) is 103 Å². The quantitative estimate of drug-likeness (QED) is 0.213. The Balaban J connectivity index is 1.27. The summed E-state index contributed by atoms with van der Waals surface area (Å²) in [6.07, 6.45) is 0. The highest BCUT2D eigenvalue weighted by atomic mass is 16.3. The Bertz CT molecular complexity index is 2440. The average molecular weight is 566 g/mol. The van der Waals surface area contributed by atoms with Crippen molar-refractivity contribution in [3.05, 3.63) is 140 Å². The third-order valence-electron chi connectivity index (χ3n) is 8.07. The van der Waals surface area contributed by atoms with Gasteiger partial charge in [-0.25, -0.2) is 19.9 Å². The molecule has 0 saturated carbocycles. The molecule has 0 aliphatic carbocycles. The van der Waals surface area contributed by atoms with Crippen molar-refractivity contribution >= 4 is 43.7 Å². The zero-order chi connectivity index (χ0) is 29.0. The van der Waals surface area contributed by atoms with Gasteiger partial charge in [-0.2, -0.15) is 0 Å². The van der Waals surface area contributed by atoms with Crippen molar-refractivity contribution < 1.29 is 4.42 Å². The topological polar surface area (TPSA) is 69.6 Å². The molecule has 6 heteroatoms. The van der Waals surface area contributed by atoms with Crippen LogP contribution in [0.3, 0.4) is 0 Å². The molecule has 0 amide bonds. The lowest BCUT2D eigenvalue weighted by atomic mass is 10.1. The van der Waals surface area contributed by atoms with E-state index in [2.05, 4.69) is 47.0 Å². The van der Waals surface area contributed by atoms with Gasteiger partial charge < -0.3 is 4.42 Å². The van der Waals surface area contributed by atoms with Gasteiger partial charge in [-0.05, 0) is 36.4 Å². The van der Waals surface area contributed by atoms with Crippen molar-refractivity contribution in [2.45, 2.75) is 0 Å². The summed E-state index contributed by atoms with van der Waals surface area (Å²) in [5, 5.41) is 4.39. The van der Waals surface area contributed by atoms with Crippen molar-refractivity contribution in [1.29, 1.82) is 0 Å². The number of benzene rings is 5. The summed E-state index contributed by atoms with van der Waals surface area (Å²) in [5.41, 5.74) is 6.33. The fourth-order valence-corrected chi connectivity index (χ4v) is 6.08. The van der Waals surface area contributed by atoms with Crippen LogP contribution in [-0.4, -0.2) is 24.5 Å². The molecule has 0 atom stereocenters. The number of aromatic nitrogens is 5. The minimum atomic E-state index is 0.514. The smallest absolute Gasteiger partial charge is 0.182 e. The molecule has 0 unspecified atom stereocenters. The van der Waals surface area contributed by atoms with E-state index in [1.54, 1.807) is 0 Å². The van der Waals surface area contributed by atoms with E-state index in [1.165, 1.54) is 0 Å². The maximum absolute atomic E-state index is 6.47. The lowest BCUT2D eigenvalue weighted by Crippen LogP contribution is -2.03. The second-order valence-corrected chi connectivity index (χ2v) is 10.7. The molecule has 6 nitrogen and oxygen atoms in total. The molecule has 0 aliphatic rings. The zero-order valence-corrected chi connectivity index (χ0v) is 23.4. The van der Waals surface area contributed by atoms with Gasteiger partial charge >= 0.3 is 0 Å². The summed E-state index contributed by atoms with van der Waals surface area (Å²) in [4.78, 5) is 19.8. The molecule has 206 valence electrons. The predicted octanol–water partition coefficient (Wildman–Crippen LogP) is 9.26. The van der Waals surface area contributed by atoms with E-state index in [9.17, 15) is 0 Å². The Kier molecular flexibility index (Phi) is 5.40. The SMILES string of the molecule is c1ccc(-c2nc(-c3ccccc3)nc(-c3cccc(-n4c5ccccc5c5c6oc7ccccc7c6ccc54)n3)n2)cc1. The minimum absolute atomic E-state index is 0.514. The first-order chi connectivity index (χ1) is 21.8. The second kappa shape index (κ2) is 9.71. The van der Waals surface area contributed by atoms with Gasteiger partial charge in [0.2, 0.25) is 0 Å². The first kappa shape index (κ1) is 24.5. The van der Waals surface area contributed by atoms with Gasteiger partial charge in [0.05, 0.1) is 16.4 Å². The average Bonchev–Trinajstić information content (AvgIpc) is 3.65. The largest absolute Gasteiger partial charge is 0.455 e. The Labute approximate surface area is 251 Å². The molecule has 4 heterocycles. The number of nitrogens with zero attached hydrogens (tertiary/aromatic N) is 5. The fourth-order valence-electron chi connectivity index (χ4n) is 6.08. The lowest BCUT2D eigenvalue weighted by molar-refractivity contribution is 0.673. The molecule has 44 heavy (non-hydrogen) atoms. The second-order valence-electron chi connectivity index (χ2n) is 10.7. The van der Waals surface area contributed by atoms with Crippen molar-refractivity contribution in [3.63, 3.8) is 0 Å². The van der Waals surface area contributed by atoms with Crippen LogP contribution in [0.4, 0.5) is 0 Å². The molecular formula is C38H23N5O. The van der Waals surface area contributed by atoms with Crippen LogP contribution in [0.1, 0.15) is 0 Å². The van der Waals surface area contributed by atoms with Gasteiger partial charge in [0.1, 0.15) is 22.7 Å². The Hall–Kier alpha value is -6.14. The van der Waals surface area contributed by atoms with E-state index in [4.69, 9.17) is 24.4 Å². The number of hydrogen-bond acceptors (Lipinski definition) is 5. The van der Waals surface area contributed by atoms with Crippen LogP contribution in [0.2, 0.25) is 0 Å². The van der Waals surface area contributed by atoms with Crippen molar-refractivity contribution in [2.24, 2.45) is 0 Å². The first-order valence-corrected chi connectivity index (χ1v) is 14.5. The predicted molar refractivity (Wildman–Crippen MR) is 176 cm³/mol. The monoisotopic (exact) mass is 565 g/mol. The van der Waals surface area contributed by atoms with Crippen LogP contribution >= 0.6 is 0 Å². The highest BCUT2D eigenvalue weighted by molar-refractivity contribution is 6.23. The van der Waals surface area contributed by atoms with E-state index >= 15 is 0 Å². The summed E-state index contributed by atoms with van der Waals surface area (Å²) < 4.78 is 8.66. The number of para-hydroxylation sites is 2. The minimum Gasteiger partial charge on any atom is -0.455 e. The summed E-state index contributed by atoms with van der Waals surface area (Å²) in [6, 6.07) is 46.8. The molecule has 4 aromatic heterocycles. The van der Waals surface area contributed by atoms with E-state index in [0.717, 1.165) is 60.7 Å². The highest BCUT2D eigenvalue weighted by Gasteiger charge is 2.20. The van der Waals surface area contributed by atoms with Gasteiger partial charge in [0, 0.05) is 27.3 Å². The molecule has 0 aliphatic heterocycles. The van der Waals surface area contributed by atoms with Crippen LogP contribution < -0.4 is 0 Å². The number of pyridine rings is 1. The van der Waals surface area contributed by atoms with Crippen LogP contribution in [-0.2, 0) is 0 Å². The summed E-state index contributed by atoms with van der Waals surface area (Å²) >= 11 is 0. The molecule has 9 rings (SSSR count). The van der Waals surface area contributed by atoms with E-state index in [0.29, 0.717) is 23.2 Å². The lowest BCUT2D eigenvalue weighted by Gasteiger charge is -2.10. The van der Waals surface area contributed by atoms with Gasteiger partial charge in [0.25, 0.3) is 0 Å². The van der Waals surface area contributed by atoms with Crippen LogP contribution in [0.25, 0.3) is 83.9 Å². The zero-order valence-electron chi connectivity index (χ0n) is 23.4. The summed E-state index contributed by atoms with van der Waals surface area (Å²) in [7, 11) is 0. The summed E-state index contributed by atoms with van der Waals surface area (Å²) in [6.45, 7) is 0. The number of furan rings is 1. The standard InChI is InChI=1S/C38H23N5O/c1-3-12-24(13-4-1)36-40-37(25-14-5-2-6-15-25)42-38(41-36)29-18-11-21-33(39-29)43-30-19-9-7-17-28(30)34-31(43)23-22-27-26-16-8-10-20-32(26)44-35(27)34/h1-23H. The number of hydrogen-bond donors (Lipinski definition) is 0. The molecular weight excluding hydrogens is 542 g/mol. The fraction of sp³-hybridized carbons (Fsp3) is 0. The van der Waals surface area contributed by atoms with Crippen molar-refractivity contribution in [3.8, 4) is 40.1 Å². The third kappa shape index (κ3) is 3.82. The molecule has 5 aromatic carbocycles. The highest BCUT2D eigenvalue weighted by Crippen LogP contribution is 2.40. The molecule has 0 fully saturated rings. The van der Waals surface area contributed by atoms with Gasteiger partial charge in [0.15, 0.2) is 17.5 Å². The van der Waals surface area contributed by atoms with Gasteiger partial charge in [-0.15, -0.1) is 0 Å². The maximum Gasteiger partial charge on any atom is 0.182 e. The Morgan fingerprint density at radius 3 is 1.82 bits per heavy atom. The number of rotatable bonds is 4. The number of fused-ring (bicyclic) bond motifs is 7. The maximum atomic E-state index is 6.47. The molecule has 0 radical (unpaired) electrons. The molecule has 0 spiro atoms. The molecule has 0 N–H and O–H groups in total. The molecule has 0 saturated heterocycles. The van der Waals surface area contributed by atoms with Crippen LogP contribution in [0.5, 0.6) is 0 Å². The van der Waals surface area contributed by atoms with Crippen LogP contribution in [0, 0.1) is 0 Å². The first-order valence-electron chi connectivity index (χ1n) is 14.5. The summed E-state index contributed by atoms with van der Waals surface area (Å²) in [5.74, 6) is 2.49. The van der Waals surface area contributed by atoms with Crippen molar-refractivity contribution in [1.82, 2.24) is 24.5 Å². The van der Waals surface area contributed by atoms with Crippen LogP contribution in [0.15, 0.2) is 144 Å². The van der Waals surface area contributed by atoms with E-state index < -0.39 is 0 Å². The Morgan fingerprint density at radius 2 is 1.07 bits per heavy atom. The van der Waals surface area contributed by atoms with Gasteiger partial charge in [-0.3, -0.25) is 4.57 Å². The third-order valence-corrected chi connectivity index (χ3v) is 8.07. The van der Waals surface area contributed by atoms with E-state index in [-0.39, 0.29) is 0 Å².